The van der Waals surface area contributed by atoms with Crippen molar-refractivity contribution in [1.29, 1.82) is 10.5 Å². The third kappa shape index (κ3) is 4.86. The highest BCUT2D eigenvalue weighted by atomic mass is 16.7. The summed E-state index contributed by atoms with van der Waals surface area (Å²) in [5.74, 6) is 0. The molecule has 0 saturated heterocycles. The summed E-state index contributed by atoms with van der Waals surface area (Å²) in [6, 6.07) is 18.5. The Labute approximate surface area is 140 Å². The molecule has 0 unspecified atom stereocenters. The van der Waals surface area contributed by atoms with Crippen LogP contribution in [0.25, 0.3) is 0 Å². The van der Waals surface area contributed by atoms with Crippen molar-refractivity contribution in [3.8, 4) is 12.1 Å². The predicted molar refractivity (Wildman–Crippen MR) is 87.0 cm³/mol. The fourth-order valence-corrected chi connectivity index (χ4v) is 2.23. The second kappa shape index (κ2) is 8.97. The van der Waals surface area contributed by atoms with Gasteiger partial charge in [-0.1, -0.05) is 36.4 Å². The van der Waals surface area contributed by atoms with Crippen molar-refractivity contribution >= 4 is 6.16 Å². The SMILES string of the molecule is N#Cc1ccccc1CCOC(=O)OCCc1ccccc1C#N. The van der Waals surface area contributed by atoms with Crippen LogP contribution < -0.4 is 0 Å². The third-order valence-electron chi connectivity index (χ3n) is 3.46. The maximum Gasteiger partial charge on any atom is 0.508 e. The molecule has 0 fully saturated rings. The van der Waals surface area contributed by atoms with Crippen LogP contribution in [0.2, 0.25) is 0 Å². The highest BCUT2D eigenvalue weighted by molar-refractivity contribution is 5.59. The molecule has 24 heavy (non-hydrogen) atoms. The normalized spacial score (nSPS) is 9.58. The van der Waals surface area contributed by atoms with E-state index in [0.29, 0.717) is 24.0 Å². The van der Waals surface area contributed by atoms with Crippen LogP contribution in [0.5, 0.6) is 0 Å². The van der Waals surface area contributed by atoms with Gasteiger partial charge in [-0.05, 0) is 23.3 Å². The maximum absolute atomic E-state index is 11.6. The number of carbonyl (C=O) groups excluding carboxylic acids is 1. The lowest BCUT2D eigenvalue weighted by atomic mass is 10.1. The van der Waals surface area contributed by atoms with Crippen LogP contribution in [-0.2, 0) is 22.3 Å². The largest absolute Gasteiger partial charge is 0.508 e. The van der Waals surface area contributed by atoms with Gasteiger partial charge in [0.15, 0.2) is 0 Å². The molecule has 0 atom stereocenters. The van der Waals surface area contributed by atoms with Gasteiger partial charge in [-0.15, -0.1) is 0 Å². The van der Waals surface area contributed by atoms with Gasteiger partial charge in [-0.3, -0.25) is 0 Å². The monoisotopic (exact) mass is 320 g/mol. The van der Waals surface area contributed by atoms with E-state index in [-0.39, 0.29) is 13.2 Å². The smallest absolute Gasteiger partial charge is 0.434 e. The lowest BCUT2D eigenvalue weighted by molar-refractivity contribution is 0.0569. The van der Waals surface area contributed by atoms with E-state index in [2.05, 4.69) is 12.1 Å². The molecule has 0 bridgehead atoms. The first kappa shape index (κ1) is 17.1. The second-order valence-corrected chi connectivity index (χ2v) is 4.98. The second-order valence-electron chi connectivity index (χ2n) is 4.98. The van der Waals surface area contributed by atoms with Gasteiger partial charge in [0.2, 0.25) is 0 Å². The number of rotatable bonds is 6. The van der Waals surface area contributed by atoms with Crippen LogP contribution in [0.15, 0.2) is 48.5 Å². The highest BCUT2D eigenvalue weighted by Crippen LogP contribution is 2.09. The van der Waals surface area contributed by atoms with Crippen molar-refractivity contribution in [2.75, 3.05) is 13.2 Å². The molecule has 0 aliphatic carbocycles. The quantitative estimate of drug-likeness (QED) is 0.762. The first-order valence-electron chi connectivity index (χ1n) is 7.50. The minimum absolute atomic E-state index is 0.145. The van der Waals surface area contributed by atoms with Gasteiger partial charge in [0.1, 0.15) is 0 Å². The first-order chi connectivity index (χ1) is 11.7. The van der Waals surface area contributed by atoms with Gasteiger partial charge >= 0.3 is 6.16 Å². The molecule has 0 aliphatic rings. The summed E-state index contributed by atoms with van der Waals surface area (Å²) in [6.45, 7) is 0.290. The average molecular weight is 320 g/mol. The zero-order valence-electron chi connectivity index (χ0n) is 13.1. The average Bonchev–Trinajstić information content (AvgIpc) is 2.62. The van der Waals surface area contributed by atoms with Gasteiger partial charge in [-0.2, -0.15) is 10.5 Å². The Morgan fingerprint density at radius 2 is 1.21 bits per heavy atom. The maximum atomic E-state index is 11.6. The molecule has 0 spiro atoms. The molecule has 5 nitrogen and oxygen atoms in total. The number of hydrogen-bond acceptors (Lipinski definition) is 5. The Morgan fingerprint density at radius 1 is 0.792 bits per heavy atom. The van der Waals surface area contributed by atoms with E-state index in [1.165, 1.54) is 0 Å². The van der Waals surface area contributed by atoms with Gasteiger partial charge in [-0.25, -0.2) is 4.79 Å². The van der Waals surface area contributed by atoms with Crippen molar-refractivity contribution in [3.63, 3.8) is 0 Å². The van der Waals surface area contributed by atoms with Gasteiger partial charge in [0.05, 0.1) is 36.5 Å². The van der Waals surface area contributed by atoms with E-state index in [1.807, 2.05) is 24.3 Å². The van der Waals surface area contributed by atoms with Gasteiger partial charge in [0, 0.05) is 12.8 Å². The molecule has 0 aromatic heterocycles. The molecule has 0 radical (unpaired) electrons. The van der Waals surface area contributed by atoms with Crippen molar-refractivity contribution in [2.45, 2.75) is 12.8 Å². The van der Waals surface area contributed by atoms with Crippen LogP contribution in [0.3, 0.4) is 0 Å². The van der Waals surface area contributed by atoms with E-state index >= 15 is 0 Å². The molecular weight excluding hydrogens is 304 g/mol. The minimum Gasteiger partial charge on any atom is -0.434 e. The number of hydrogen-bond donors (Lipinski definition) is 0. The van der Waals surface area contributed by atoms with Gasteiger partial charge < -0.3 is 9.47 Å². The summed E-state index contributed by atoms with van der Waals surface area (Å²) in [7, 11) is 0. The molecule has 0 N–H and O–H groups in total. The van der Waals surface area contributed by atoms with E-state index in [4.69, 9.17) is 20.0 Å². The lowest BCUT2D eigenvalue weighted by Gasteiger charge is -2.08. The summed E-state index contributed by atoms with van der Waals surface area (Å²) < 4.78 is 10.0. The Kier molecular flexibility index (Phi) is 6.37. The van der Waals surface area contributed by atoms with E-state index in [0.717, 1.165) is 11.1 Å². The number of carbonyl (C=O) groups is 1. The molecule has 0 saturated carbocycles. The molecule has 2 rings (SSSR count). The first-order valence-corrected chi connectivity index (χ1v) is 7.50. The fourth-order valence-electron chi connectivity index (χ4n) is 2.23. The lowest BCUT2D eigenvalue weighted by Crippen LogP contribution is -2.12. The summed E-state index contributed by atoms with van der Waals surface area (Å²) in [4.78, 5) is 11.6. The Hall–Kier alpha value is -3.31. The summed E-state index contributed by atoms with van der Waals surface area (Å²) >= 11 is 0. The van der Waals surface area contributed by atoms with E-state index in [9.17, 15) is 4.79 Å². The molecule has 0 amide bonds. The highest BCUT2D eigenvalue weighted by Gasteiger charge is 2.07. The Balaban J connectivity index is 1.72. The number of nitriles is 2. The van der Waals surface area contributed by atoms with Crippen molar-refractivity contribution in [2.24, 2.45) is 0 Å². The molecule has 5 heteroatoms. The summed E-state index contributed by atoms with van der Waals surface area (Å²) in [6.07, 6.45) is 0.158. The van der Waals surface area contributed by atoms with Crippen molar-refractivity contribution in [1.82, 2.24) is 0 Å². The van der Waals surface area contributed by atoms with Crippen molar-refractivity contribution < 1.29 is 14.3 Å². The standard InChI is InChI=1S/C19H16N2O3/c20-13-17-7-3-1-5-15(17)9-11-23-19(22)24-12-10-16-6-2-4-8-18(16)14-21/h1-8H,9-12H2. The summed E-state index contributed by atoms with van der Waals surface area (Å²) in [5.41, 5.74) is 2.80. The van der Waals surface area contributed by atoms with Crippen LogP contribution in [-0.4, -0.2) is 19.4 Å². The minimum atomic E-state index is -0.751. The number of ether oxygens (including phenoxy) is 2. The predicted octanol–water partition coefficient (Wildman–Crippen LogP) is 3.37. The van der Waals surface area contributed by atoms with Gasteiger partial charge in [0.25, 0.3) is 0 Å². The van der Waals surface area contributed by atoms with Crippen LogP contribution in [0.4, 0.5) is 4.79 Å². The third-order valence-corrected chi connectivity index (χ3v) is 3.46. The molecule has 2 aromatic rings. The molecule has 0 heterocycles. The Bertz CT molecular complexity index is 722. The molecule has 2 aromatic carbocycles. The van der Waals surface area contributed by atoms with E-state index in [1.54, 1.807) is 24.3 Å². The van der Waals surface area contributed by atoms with Crippen LogP contribution in [0, 0.1) is 22.7 Å². The van der Waals surface area contributed by atoms with Crippen LogP contribution in [0.1, 0.15) is 22.3 Å². The van der Waals surface area contributed by atoms with Crippen LogP contribution >= 0.6 is 0 Å². The molecule has 120 valence electrons. The number of benzene rings is 2. The van der Waals surface area contributed by atoms with Crippen molar-refractivity contribution in [3.05, 3.63) is 70.8 Å². The summed E-state index contributed by atoms with van der Waals surface area (Å²) in [5, 5.41) is 18.0. The Morgan fingerprint density at radius 3 is 1.62 bits per heavy atom. The zero-order chi connectivity index (χ0) is 17.2. The zero-order valence-corrected chi connectivity index (χ0v) is 13.1. The molecular formula is C19H16N2O3. The topological polar surface area (TPSA) is 83.1 Å². The number of nitrogens with zero attached hydrogens (tertiary/aromatic N) is 2. The fraction of sp³-hybridized carbons (Fsp3) is 0.211. The molecule has 0 aliphatic heterocycles. The van der Waals surface area contributed by atoms with E-state index < -0.39 is 6.16 Å².